The molecule has 1 unspecified atom stereocenters. The summed E-state index contributed by atoms with van der Waals surface area (Å²) in [5.74, 6) is 0.723. The van der Waals surface area contributed by atoms with Gasteiger partial charge >= 0.3 is 6.09 Å². The maximum atomic E-state index is 12.0. The first-order valence-electron chi connectivity index (χ1n) is 6.67. The van der Waals surface area contributed by atoms with Crippen LogP contribution >= 0.6 is 0 Å². The van der Waals surface area contributed by atoms with Crippen molar-refractivity contribution >= 4 is 6.09 Å². The molecule has 18 heavy (non-hydrogen) atoms. The molecule has 0 spiro atoms. The highest BCUT2D eigenvalue weighted by molar-refractivity contribution is 5.68. The third kappa shape index (κ3) is 3.25. The zero-order valence-electron chi connectivity index (χ0n) is 11.1. The van der Waals surface area contributed by atoms with Gasteiger partial charge in [-0.05, 0) is 31.2 Å². The van der Waals surface area contributed by atoms with Crippen molar-refractivity contribution in [1.29, 1.82) is 0 Å². The zero-order chi connectivity index (χ0) is 13.0. The van der Waals surface area contributed by atoms with Gasteiger partial charge in [0.1, 0.15) is 6.10 Å². The Hall–Kier alpha value is -1.51. The monoisotopic (exact) mass is 247 g/mol. The number of ether oxygens (including phenoxy) is 1. The molecule has 2 rings (SSSR count). The van der Waals surface area contributed by atoms with Crippen molar-refractivity contribution in [2.45, 2.75) is 32.8 Å². The summed E-state index contributed by atoms with van der Waals surface area (Å²) in [6.07, 6.45) is 1.79. The number of benzene rings is 1. The van der Waals surface area contributed by atoms with E-state index in [9.17, 15) is 4.79 Å². The molecule has 0 aromatic heterocycles. The second-order valence-corrected chi connectivity index (χ2v) is 5.11. The number of amides is 1. The zero-order valence-corrected chi connectivity index (χ0v) is 11.1. The first-order valence-corrected chi connectivity index (χ1v) is 6.67. The van der Waals surface area contributed by atoms with E-state index >= 15 is 0 Å². The van der Waals surface area contributed by atoms with Gasteiger partial charge in [-0.2, -0.15) is 0 Å². The summed E-state index contributed by atoms with van der Waals surface area (Å²) in [5.41, 5.74) is 1.04. The van der Waals surface area contributed by atoms with Gasteiger partial charge in [-0.3, -0.25) is 0 Å². The number of hydrogen-bond donors (Lipinski definition) is 0. The lowest BCUT2D eigenvalue weighted by Crippen LogP contribution is -2.38. The van der Waals surface area contributed by atoms with E-state index in [1.54, 1.807) is 0 Å². The van der Waals surface area contributed by atoms with Crippen LogP contribution in [-0.2, 0) is 4.74 Å². The third-order valence-electron chi connectivity index (χ3n) is 3.59. The molecule has 1 heterocycles. The lowest BCUT2D eigenvalue weighted by Gasteiger charge is -2.30. The fraction of sp³-hybridized carbons (Fsp3) is 0.533. The van der Waals surface area contributed by atoms with Crippen molar-refractivity contribution in [3.63, 3.8) is 0 Å². The van der Waals surface area contributed by atoms with E-state index in [2.05, 4.69) is 6.92 Å². The normalized spacial score (nSPS) is 18.4. The number of rotatable bonds is 2. The first-order chi connectivity index (χ1) is 8.66. The van der Waals surface area contributed by atoms with Gasteiger partial charge in [0.05, 0.1) is 0 Å². The van der Waals surface area contributed by atoms with Crippen molar-refractivity contribution < 1.29 is 9.53 Å². The lowest BCUT2D eigenvalue weighted by molar-refractivity contribution is 0.0599. The quantitative estimate of drug-likeness (QED) is 0.799. The third-order valence-corrected chi connectivity index (χ3v) is 3.59. The van der Waals surface area contributed by atoms with Crippen LogP contribution in [0.1, 0.15) is 38.4 Å². The van der Waals surface area contributed by atoms with Gasteiger partial charge in [0, 0.05) is 13.1 Å². The van der Waals surface area contributed by atoms with Crippen LogP contribution < -0.4 is 0 Å². The Bertz CT molecular complexity index is 383. The molecular weight excluding hydrogens is 226 g/mol. The molecule has 98 valence electrons. The summed E-state index contributed by atoms with van der Waals surface area (Å²) in [6.45, 7) is 5.79. The second kappa shape index (κ2) is 5.89. The Labute approximate surface area is 109 Å². The van der Waals surface area contributed by atoms with Crippen LogP contribution in [0, 0.1) is 5.92 Å². The highest BCUT2D eigenvalue weighted by Crippen LogP contribution is 2.20. The Balaban J connectivity index is 1.87. The second-order valence-electron chi connectivity index (χ2n) is 5.11. The van der Waals surface area contributed by atoms with Crippen molar-refractivity contribution in [3.8, 4) is 0 Å². The summed E-state index contributed by atoms with van der Waals surface area (Å²) in [7, 11) is 0. The average Bonchev–Trinajstić information content (AvgIpc) is 2.40. The number of carbonyl (C=O) groups excluding carboxylic acids is 1. The first kappa shape index (κ1) is 12.9. The Morgan fingerprint density at radius 1 is 1.28 bits per heavy atom. The maximum absolute atomic E-state index is 12.0. The SMILES string of the molecule is CC1CCN(C(=O)OC(C)c2ccccc2)CC1. The molecule has 1 fully saturated rings. The predicted octanol–water partition coefficient (Wildman–Crippen LogP) is 3.62. The standard InChI is InChI=1S/C15H21NO2/c1-12-8-10-16(11-9-12)15(17)18-13(2)14-6-4-3-5-7-14/h3-7,12-13H,8-11H2,1-2H3. The number of carbonyl (C=O) groups is 1. The molecule has 3 nitrogen and oxygen atoms in total. The minimum Gasteiger partial charge on any atom is -0.442 e. The summed E-state index contributed by atoms with van der Waals surface area (Å²) in [6, 6.07) is 9.85. The van der Waals surface area contributed by atoms with E-state index in [4.69, 9.17) is 4.74 Å². The van der Waals surface area contributed by atoms with Gasteiger partial charge in [0.15, 0.2) is 0 Å². The molecule has 0 bridgehead atoms. The van der Waals surface area contributed by atoms with E-state index < -0.39 is 0 Å². The van der Waals surface area contributed by atoms with E-state index in [-0.39, 0.29) is 12.2 Å². The highest BCUT2D eigenvalue weighted by atomic mass is 16.6. The molecule has 1 atom stereocenters. The molecule has 0 radical (unpaired) electrons. The van der Waals surface area contributed by atoms with Gasteiger partial charge in [-0.25, -0.2) is 4.79 Å². The van der Waals surface area contributed by atoms with Gasteiger partial charge < -0.3 is 9.64 Å². The van der Waals surface area contributed by atoms with Crippen LogP contribution in [0.4, 0.5) is 4.79 Å². The summed E-state index contributed by atoms with van der Waals surface area (Å²) < 4.78 is 5.50. The van der Waals surface area contributed by atoms with Crippen molar-refractivity contribution in [2.75, 3.05) is 13.1 Å². The molecule has 1 amide bonds. The van der Waals surface area contributed by atoms with Crippen LogP contribution in [0.25, 0.3) is 0 Å². The lowest BCUT2D eigenvalue weighted by atomic mass is 10.00. The van der Waals surface area contributed by atoms with Gasteiger partial charge in [-0.15, -0.1) is 0 Å². The maximum Gasteiger partial charge on any atom is 0.410 e. The number of piperidine rings is 1. The van der Waals surface area contributed by atoms with Gasteiger partial charge in [0.25, 0.3) is 0 Å². The van der Waals surface area contributed by atoms with Gasteiger partial charge in [0.2, 0.25) is 0 Å². The molecular formula is C15H21NO2. The van der Waals surface area contributed by atoms with E-state index in [1.807, 2.05) is 42.2 Å². The molecule has 0 saturated carbocycles. The number of nitrogens with zero attached hydrogens (tertiary/aromatic N) is 1. The fourth-order valence-electron chi connectivity index (χ4n) is 2.21. The Kier molecular flexibility index (Phi) is 4.24. The highest BCUT2D eigenvalue weighted by Gasteiger charge is 2.23. The van der Waals surface area contributed by atoms with Crippen molar-refractivity contribution in [1.82, 2.24) is 4.90 Å². The molecule has 1 aromatic carbocycles. The minimum absolute atomic E-state index is 0.182. The predicted molar refractivity (Wildman–Crippen MR) is 71.3 cm³/mol. The summed E-state index contributed by atoms with van der Waals surface area (Å²) >= 11 is 0. The van der Waals surface area contributed by atoms with E-state index in [0.717, 1.165) is 37.4 Å². The summed E-state index contributed by atoms with van der Waals surface area (Å²) in [4.78, 5) is 13.8. The van der Waals surface area contributed by atoms with Crippen LogP contribution in [0.2, 0.25) is 0 Å². The molecule has 0 aliphatic carbocycles. The van der Waals surface area contributed by atoms with E-state index in [1.165, 1.54) is 0 Å². The molecule has 1 saturated heterocycles. The van der Waals surface area contributed by atoms with Crippen LogP contribution in [0.3, 0.4) is 0 Å². The van der Waals surface area contributed by atoms with Crippen LogP contribution in [-0.4, -0.2) is 24.1 Å². The van der Waals surface area contributed by atoms with Gasteiger partial charge in [-0.1, -0.05) is 37.3 Å². The van der Waals surface area contributed by atoms with Crippen LogP contribution in [0.15, 0.2) is 30.3 Å². The average molecular weight is 247 g/mol. The molecule has 0 N–H and O–H groups in total. The smallest absolute Gasteiger partial charge is 0.410 e. The largest absolute Gasteiger partial charge is 0.442 e. The number of likely N-dealkylation sites (tertiary alicyclic amines) is 1. The van der Waals surface area contributed by atoms with E-state index in [0.29, 0.717) is 0 Å². The van der Waals surface area contributed by atoms with Crippen LogP contribution in [0.5, 0.6) is 0 Å². The minimum atomic E-state index is -0.182. The molecule has 1 aliphatic rings. The molecule has 1 aromatic rings. The van der Waals surface area contributed by atoms with Crippen molar-refractivity contribution in [2.24, 2.45) is 5.92 Å². The number of hydrogen-bond acceptors (Lipinski definition) is 2. The molecule has 3 heteroatoms. The Morgan fingerprint density at radius 2 is 1.89 bits per heavy atom. The Morgan fingerprint density at radius 3 is 2.50 bits per heavy atom. The molecule has 1 aliphatic heterocycles. The topological polar surface area (TPSA) is 29.5 Å². The summed E-state index contributed by atoms with van der Waals surface area (Å²) in [5, 5.41) is 0. The fourth-order valence-corrected chi connectivity index (χ4v) is 2.21. The van der Waals surface area contributed by atoms with Crippen molar-refractivity contribution in [3.05, 3.63) is 35.9 Å².